The van der Waals surface area contributed by atoms with E-state index in [9.17, 15) is 4.79 Å². The molecule has 1 aliphatic rings. The van der Waals surface area contributed by atoms with E-state index in [1.807, 2.05) is 0 Å². The molecule has 0 spiro atoms. The van der Waals surface area contributed by atoms with Crippen LogP contribution in [0.2, 0.25) is 0 Å². The van der Waals surface area contributed by atoms with E-state index in [1.54, 1.807) is 0 Å². The number of halogens is 2. The molecular formula is C8H19Cl2N3O. The second-order valence-corrected chi connectivity index (χ2v) is 3.48. The van der Waals surface area contributed by atoms with Crippen LogP contribution in [0.25, 0.3) is 0 Å². The van der Waals surface area contributed by atoms with Crippen LogP contribution in [0.1, 0.15) is 19.8 Å². The number of amides is 2. The zero-order chi connectivity index (χ0) is 9.14. The molecule has 0 aromatic heterocycles. The molecule has 3 N–H and O–H groups in total. The highest BCUT2D eigenvalue weighted by atomic mass is 35.5. The molecular weight excluding hydrogens is 225 g/mol. The number of rotatable bonds is 1. The van der Waals surface area contributed by atoms with Gasteiger partial charge in [0.25, 0.3) is 0 Å². The average molecular weight is 244 g/mol. The lowest BCUT2D eigenvalue weighted by Gasteiger charge is -2.36. The zero-order valence-corrected chi connectivity index (χ0v) is 10.2. The van der Waals surface area contributed by atoms with Gasteiger partial charge in [-0.1, -0.05) is 0 Å². The third-order valence-corrected chi connectivity index (χ3v) is 2.63. The highest BCUT2D eigenvalue weighted by molar-refractivity contribution is 5.85. The summed E-state index contributed by atoms with van der Waals surface area (Å²) in [6, 6.07) is 0.203. The molecule has 0 aromatic carbocycles. The lowest BCUT2D eigenvalue weighted by atomic mass is 9.98. The highest BCUT2D eigenvalue weighted by Gasteiger charge is 2.25. The maximum absolute atomic E-state index is 10.6. The Bertz CT molecular complexity index is 180. The predicted octanol–water partition coefficient (Wildman–Crippen LogP) is 0.981. The van der Waals surface area contributed by atoms with Crippen LogP contribution in [-0.2, 0) is 0 Å². The monoisotopic (exact) mass is 243 g/mol. The highest BCUT2D eigenvalue weighted by Crippen LogP contribution is 2.14. The number of hydrogen-bond donors (Lipinski definition) is 2. The summed E-state index contributed by atoms with van der Waals surface area (Å²) in [5, 5.41) is 2.76. The molecule has 14 heavy (non-hydrogen) atoms. The van der Waals surface area contributed by atoms with Gasteiger partial charge in [-0.2, -0.15) is 0 Å². The van der Waals surface area contributed by atoms with Gasteiger partial charge in [-0.25, -0.2) is 4.79 Å². The fourth-order valence-corrected chi connectivity index (χ4v) is 1.69. The van der Waals surface area contributed by atoms with Gasteiger partial charge in [0, 0.05) is 12.1 Å². The lowest BCUT2D eigenvalue weighted by molar-refractivity contribution is 0.157. The predicted molar refractivity (Wildman–Crippen MR) is 62.3 cm³/mol. The number of likely N-dealkylation sites (tertiary alicyclic amines) is 1. The van der Waals surface area contributed by atoms with E-state index in [2.05, 4.69) is 24.2 Å². The van der Waals surface area contributed by atoms with Crippen LogP contribution in [0, 0.1) is 0 Å². The Morgan fingerprint density at radius 1 is 1.50 bits per heavy atom. The number of primary amides is 1. The molecule has 0 aromatic rings. The first kappa shape index (κ1) is 16.2. The molecule has 0 radical (unpaired) electrons. The van der Waals surface area contributed by atoms with Gasteiger partial charge in [-0.15, -0.1) is 24.8 Å². The molecule has 0 saturated carbocycles. The molecule has 86 valence electrons. The van der Waals surface area contributed by atoms with Crippen molar-refractivity contribution in [3.63, 3.8) is 0 Å². The lowest BCUT2D eigenvalue weighted by Crippen LogP contribution is -2.53. The topological polar surface area (TPSA) is 58.4 Å². The van der Waals surface area contributed by atoms with Crippen molar-refractivity contribution < 1.29 is 4.79 Å². The van der Waals surface area contributed by atoms with E-state index in [1.165, 1.54) is 0 Å². The maximum atomic E-state index is 10.6. The quantitative estimate of drug-likeness (QED) is 0.722. The molecule has 2 atom stereocenters. The van der Waals surface area contributed by atoms with Crippen molar-refractivity contribution in [2.45, 2.75) is 31.8 Å². The zero-order valence-electron chi connectivity index (χ0n) is 8.53. The van der Waals surface area contributed by atoms with Gasteiger partial charge in [0.1, 0.15) is 0 Å². The third-order valence-electron chi connectivity index (χ3n) is 2.63. The van der Waals surface area contributed by atoms with Crippen LogP contribution in [0.15, 0.2) is 0 Å². The standard InChI is InChI=1S/C8H17N3O.2ClH/c1-6-7(10-8(9)12)4-3-5-11(6)2;;/h6-7H,3-5H2,1-2H3,(H3,9,10,12);2*1H. The van der Waals surface area contributed by atoms with E-state index >= 15 is 0 Å². The van der Waals surface area contributed by atoms with Crippen LogP contribution in [0.5, 0.6) is 0 Å². The van der Waals surface area contributed by atoms with Crippen molar-refractivity contribution in [1.82, 2.24) is 10.2 Å². The number of carbonyl (C=O) groups excluding carboxylic acids is 1. The first-order chi connectivity index (χ1) is 5.61. The number of urea groups is 1. The van der Waals surface area contributed by atoms with Crippen LogP contribution >= 0.6 is 24.8 Å². The number of nitrogens with one attached hydrogen (secondary N) is 1. The van der Waals surface area contributed by atoms with Gasteiger partial charge in [0.15, 0.2) is 0 Å². The van der Waals surface area contributed by atoms with Crippen LogP contribution in [0.3, 0.4) is 0 Å². The summed E-state index contributed by atoms with van der Waals surface area (Å²) in [5.41, 5.74) is 5.06. The molecule has 0 bridgehead atoms. The maximum Gasteiger partial charge on any atom is 0.312 e. The second-order valence-electron chi connectivity index (χ2n) is 3.48. The van der Waals surface area contributed by atoms with E-state index in [0.717, 1.165) is 19.4 Å². The Morgan fingerprint density at radius 2 is 2.07 bits per heavy atom. The Hall–Kier alpha value is -0.190. The molecule has 2 unspecified atom stereocenters. The minimum absolute atomic E-state index is 0. The molecule has 4 nitrogen and oxygen atoms in total. The number of nitrogens with zero attached hydrogens (tertiary/aromatic N) is 1. The van der Waals surface area contributed by atoms with Gasteiger partial charge in [0.05, 0.1) is 0 Å². The van der Waals surface area contributed by atoms with Crippen molar-refractivity contribution in [2.24, 2.45) is 5.73 Å². The first-order valence-corrected chi connectivity index (χ1v) is 4.37. The van der Waals surface area contributed by atoms with Crippen molar-refractivity contribution in [2.75, 3.05) is 13.6 Å². The minimum atomic E-state index is -0.415. The molecule has 1 heterocycles. The summed E-state index contributed by atoms with van der Waals surface area (Å²) in [6.07, 6.45) is 2.17. The molecule has 0 aliphatic carbocycles. The summed E-state index contributed by atoms with van der Waals surface area (Å²) >= 11 is 0. The Balaban J connectivity index is 0. The first-order valence-electron chi connectivity index (χ1n) is 4.37. The number of piperidine rings is 1. The largest absolute Gasteiger partial charge is 0.352 e. The van der Waals surface area contributed by atoms with Gasteiger partial charge in [-0.05, 0) is 33.4 Å². The van der Waals surface area contributed by atoms with Crippen LogP contribution in [-0.4, -0.2) is 36.6 Å². The summed E-state index contributed by atoms with van der Waals surface area (Å²) in [6.45, 7) is 3.22. The number of likely N-dealkylation sites (N-methyl/N-ethyl adjacent to an activating group) is 1. The number of hydrogen-bond acceptors (Lipinski definition) is 2. The Morgan fingerprint density at radius 3 is 2.57 bits per heavy atom. The van der Waals surface area contributed by atoms with Crippen molar-refractivity contribution in [3.05, 3.63) is 0 Å². The summed E-state index contributed by atoms with van der Waals surface area (Å²) in [4.78, 5) is 12.9. The Kier molecular flexibility index (Phi) is 8.30. The summed E-state index contributed by atoms with van der Waals surface area (Å²) in [5.74, 6) is 0. The van der Waals surface area contributed by atoms with E-state index in [0.29, 0.717) is 6.04 Å². The fraction of sp³-hybridized carbons (Fsp3) is 0.875. The SMILES string of the molecule is CC1C(NC(N)=O)CCCN1C.Cl.Cl. The van der Waals surface area contributed by atoms with Crippen LogP contribution in [0.4, 0.5) is 4.79 Å². The van der Waals surface area contributed by atoms with E-state index < -0.39 is 6.03 Å². The molecule has 1 fully saturated rings. The average Bonchev–Trinajstić information content (AvgIpc) is 1.98. The second kappa shape index (κ2) is 7.15. The Labute approximate surface area is 97.4 Å². The van der Waals surface area contributed by atoms with Gasteiger partial charge in [-0.3, -0.25) is 0 Å². The fourth-order valence-electron chi connectivity index (χ4n) is 1.69. The summed E-state index contributed by atoms with van der Waals surface area (Å²) < 4.78 is 0. The molecule has 1 aliphatic heterocycles. The normalized spacial score (nSPS) is 27.0. The third kappa shape index (κ3) is 4.35. The smallest absolute Gasteiger partial charge is 0.312 e. The van der Waals surface area contributed by atoms with Crippen LogP contribution < -0.4 is 11.1 Å². The molecule has 1 saturated heterocycles. The van der Waals surface area contributed by atoms with E-state index in [-0.39, 0.29) is 30.9 Å². The number of nitrogens with two attached hydrogens (primary N) is 1. The molecule has 6 heteroatoms. The van der Waals surface area contributed by atoms with Crippen molar-refractivity contribution in [3.8, 4) is 0 Å². The van der Waals surface area contributed by atoms with Gasteiger partial charge in [0.2, 0.25) is 0 Å². The van der Waals surface area contributed by atoms with Gasteiger partial charge >= 0.3 is 6.03 Å². The summed E-state index contributed by atoms with van der Waals surface area (Å²) in [7, 11) is 2.07. The van der Waals surface area contributed by atoms with E-state index in [4.69, 9.17) is 5.73 Å². The molecule has 1 rings (SSSR count). The molecule has 2 amide bonds. The minimum Gasteiger partial charge on any atom is -0.352 e. The van der Waals surface area contributed by atoms with Crippen molar-refractivity contribution in [1.29, 1.82) is 0 Å². The van der Waals surface area contributed by atoms with Gasteiger partial charge < -0.3 is 16.0 Å². The number of carbonyl (C=O) groups is 1. The van der Waals surface area contributed by atoms with Crippen molar-refractivity contribution >= 4 is 30.8 Å².